The molecule has 0 amide bonds. The number of hydrogen-bond donors (Lipinski definition) is 6. The van der Waals surface area contributed by atoms with E-state index >= 15 is 0 Å². The minimum Gasteiger partial charge on any atom is -0.255 e. The lowest BCUT2D eigenvalue weighted by Gasteiger charge is -1.25. The van der Waals surface area contributed by atoms with Crippen LogP contribution in [0.15, 0.2) is 0 Å². The lowest BCUT2D eigenvalue weighted by molar-refractivity contribution is -0.176. The molecule has 6 nitrogen and oxygen atoms in total. The lowest BCUT2D eigenvalue weighted by Crippen LogP contribution is -1.29. The van der Waals surface area contributed by atoms with Crippen LogP contribution in [0.1, 0.15) is 0 Å². The van der Waals surface area contributed by atoms with Crippen molar-refractivity contribution in [1.82, 2.24) is 0 Å². The van der Waals surface area contributed by atoms with E-state index in [4.69, 9.17) is 31.5 Å². The molecule has 0 unspecified atom stereocenters. The lowest BCUT2D eigenvalue weighted by atomic mass is 15.0. The Bertz CT molecular complexity index is 0. The monoisotopic (exact) mass is 102 g/mol. The summed E-state index contributed by atoms with van der Waals surface area (Å²) in [5.74, 6) is 0. The van der Waals surface area contributed by atoms with E-state index in [1.165, 1.54) is 0 Å². The van der Waals surface area contributed by atoms with Gasteiger partial charge in [0.15, 0.2) is 0 Å². The largest absolute Gasteiger partial charge is 0.255 e. The highest BCUT2D eigenvalue weighted by molar-refractivity contribution is 1.83. The van der Waals surface area contributed by atoms with Crippen molar-refractivity contribution >= 4 is 0 Å². The predicted molar refractivity (Wildman–Crippen MR) is 15.8 cm³/mol. The summed E-state index contributed by atoms with van der Waals surface area (Å²) >= 11 is 0. The van der Waals surface area contributed by atoms with Crippen LogP contribution in [0.3, 0.4) is 0 Å². The summed E-state index contributed by atoms with van der Waals surface area (Å²) in [7, 11) is 0. The number of hydrogen-bond acceptors (Lipinski definition) is 6. The average Bonchev–Trinajstić information content (AvgIpc) is 1.81. The summed E-state index contributed by atoms with van der Waals surface area (Å²) in [6, 6.07) is 0. The Labute approximate surface area is 32.9 Å². The molecule has 0 aromatic rings. The molecule has 0 heterocycles. The zero-order chi connectivity index (χ0) is 6.00. The highest BCUT2D eigenvalue weighted by atomic mass is 17.0. The highest BCUT2D eigenvalue weighted by Gasteiger charge is 0.749. The predicted octanol–water partition coefficient (Wildman–Crippen LogP) is 0.0522. The van der Waals surface area contributed by atoms with Crippen LogP contribution in [-0.4, -0.2) is 31.5 Å². The maximum atomic E-state index is 6.00. The first kappa shape index (κ1) is 17.1. The summed E-state index contributed by atoms with van der Waals surface area (Å²) < 4.78 is 0. The van der Waals surface area contributed by atoms with Crippen molar-refractivity contribution in [2.45, 2.75) is 0 Å². The van der Waals surface area contributed by atoms with Gasteiger partial charge in [0.05, 0.1) is 0 Å². The molecular weight excluding hydrogens is 96.0 g/mol. The van der Waals surface area contributed by atoms with E-state index in [-0.39, 0.29) is 0 Å². The third-order valence-electron chi connectivity index (χ3n) is 0. The summed E-state index contributed by atoms with van der Waals surface area (Å²) in [6.45, 7) is 0. The average molecular weight is 102 g/mol. The quantitative estimate of drug-likeness (QED) is 0.190. The summed E-state index contributed by atoms with van der Waals surface area (Å²) in [4.78, 5) is 0. The van der Waals surface area contributed by atoms with Crippen molar-refractivity contribution in [3.8, 4) is 0 Å². The van der Waals surface area contributed by atoms with Gasteiger partial charge in [-0.2, -0.15) is 0 Å². The molecule has 0 aliphatic carbocycles. The molecule has 0 aromatic heterocycles. The maximum absolute atomic E-state index is 6.00. The van der Waals surface area contributed by atoms with Gasteiger partial charge in [-0.25, -0.2) is 0 Å². The van der Waals surface area contributed by atoms with E-state index in [1.807, 2.05) is 0 Å². The fourth-order valence-electron chi connectivity index (χ4n) is 0. The molecule has 0 bridgehead atoms. The van der Waals surface area contributed by atoms with Crippen LogP contribution in [-0.2, 0) is 0 Å². The molecule has 42 valence electrons. The molecule has 0 radical (unpaired) electrons. The Kier molecular flexibility index (Phi) is 3340. The molecule has 0 aliphatic rings. The Hall–Kier alpha value is -0.240. The SMILES string of the molecule is OO.OO.OO. The second-order valence-corrected chi connectivity index (χ2v) is 0. The zero-order valence-corrected chi connectivity index (χ0v) is 2.68. The number of rotatable bonds is 0. The fourth-order valence-corrected chi connectivity index (χ4v) is 0. The first-order valence-electron chi connectivity index (χ1n) is 0.600. The fraction of sp³-hybridized carbons (Fsp3) is 0. The molecule has 0 aliphatic heterocycles. The molecule has 6 heteroatoms. The normalized spacial score (nSPS) is 3.00. The van der Waals surface area contributed by atoms with Crippen LogP contribution in [0.25, 0.3) is 0 Å². The van der Waals surface area contributed by atoms with Gasteiger partial charge in [-0.15, -0.1) is 0 Å². The van der Waals surface area contributed by atoms with E-state index in [0.29, 0.717) is 0 Å². The van der Waals surface area contributed by atoms with Crippen LogP contribution in [0.2, 0.25) is 0 Å². The first-order chi connectivity index (χ1) is 3.00. The summed E-state index contributed by atoms with van der Waals surface area (Å²) in [5, 5.41) is 36.0. The molecule has 0 spiro atoms. The van der Waals surface area contributed by atoms with Crippen LogP contribution in [0.5, 0.6) is 0 Å². The van der Waals surface area contributed by atoms with E-state index in [0.717, 1.165) is 0 Å². The second-order valence-electron chi connectivity index (χ2n) is 0. The van der Waals surface area contributed by atoms with Crippen molar-refractivity contribution in [2.24, 2.45) is 0 Å². The van der Waals surface area contributed by atoms with Crippen LogP contribution in [0, 0.1) is 0 Å². The maximum Gasteiger partial charge on any atom is -0.255 e. The minimum absolute atomic E-state index is 6.00. The van der Waals surface area contributed by atoms with Gasteiger partial charge in [0, 0.05) is 0 Å². The molecule has 0 atom stereocenters. The molecule has 0 fully saturated rings. The van der Waals surface area contributed by atoms with Crippen LogP contribution >= 0.6 is 0 Å². The standard InChI is InChI=1S/3H2O2/c3*1-2/h3*1-2H. The van der Waals surface area contributed by atoms with Crippen molar-refractivity contribution in [1.29, 1.82) is 0 Å². The van der Waals surface area contributed by atoms with E-state index < -0.39 is 0 Å². The van der Waals surface area contributed by atoms with Crippen LogP contribution in [0.4, 0.5) is 0 Å². The molecule has 6 N–H and O–H groups in total. The van der Waals surface area contributed by atoms with E-state index in [1.54, 1.807) is 0 Å². The zero-order valence-electron chi connectivity index (χ0n) is 2.68. The Morgan fingerprint density at radius 2 is 0.333 bits per heavy atom. The van der Waals surface area contributed by atoms with Crippen LogP contribution < -0.4 is 0 Å². The topological polar surface area (TPSA) is 121 Å². The Morgan fingerprint density at radius 1 is 0.333 bits per heavy atom. The van der Waals surface area contributed by atoms with Crippen molar-refractivity contribution in [2.75, 3.05) is 0 Å². The van der Waals surface area contributed by atoms with Crippen molar-refractivity contribution in [3.63, 3.8) is 0 Å². The van der Waals surface area contributed by atoms with Gasteiger partial charge in [-0.1, -0.05) is 0 Å². The second kappa shape index (κ2) is 1170. The molecule has 6 heavy (non-hydrogen) atoms. The van der Waals surface area contributed by atoms with Gasteiger partial charge in [-0.05, 0) is 0 Å². The highest BCUT2D eigenvalue weighted by Crippen LogP contribution is 0.715. The van der Waals surface area contributed by atoms with E-state index in [9.17, 15) is 0 Å². The van der Waals surface area contributed by atoms with Gasteiger partial charge in [0.1, 0.15) is 0 Å². The third-order valence-corrected chi connectivity index (χ3v) is 0. The van der Waals surface area contributed by atoms with E-state index in [2.05, 4.69) is 0 Å². The minimum atomic E-state index is 6.00. The molecule has 0 saturated heterocycles. The Morgan fingerprint density at radius 3 is 0.333 bits per heavy atom. The first-order valence-corrected chi connectivity index (χ1v) is 0.600. The molecular formula is H6O6. The van der Waals surface area contributed by atoms with Gasteiger partial charge < -0.3 is 0 Å². The van der Waals surface area contributed by atoms with Gasteiger partial charge in [0.2, 0.25) is 0 Å². The third kappa shape index (κ3) is 497. The van der Waals surface area contributed by atoms with Crippen molar-refractivity contribution < 1.29 is 31.5 Å². The van der Waals surface area contributed by atoms with Crippen molar-refractivity contribution in [3.05, 3.63) is 0 Å². The molecule has 0 aromatic carbocycles. The Balaban J connectivity index is -0.0000000225. The summed E-state index contributed by atoms with van der Waals surface area (Å²) in [6.07, 6.45) is 0. The van der Waals surface area contributed by atoms with Gasteiger partial charge >= 0.3 is 0 Å². The molecule has 0 saturated carbocycles. The van der Waals surface area contributed by atoms with Gasteiger partial charge in [0.25, 0.3) is 0 Å². The van der Waals surface area contributed by atoms with Gasteiger partial charge in [-0.3, -0.25) is 31.5 Å². The summed E-state index contributed by atoms with van der Waals surface area (Å²) in [5.41, 5.74) is 0. The molecule has 0 rings (SSSR count). The smallest absolute Gasteiger partial charge is 0.255 e.